The van der Waals surface area contributed by atoms with E-state index in [0.717, 1.165) is 16.9 Å². The molecule has 2 N–H and O–H groups in total. The highest BCUT2D eigenvalue weighted by Gasteiger charge is 2.30. The molecule has 1 aliphatic rings. The van der Waals surface area contributed by atoms with Gasteiger partial charge in [-0.15, -0.1) is 11.8 Å². The Hall–Kier alpha value is -1.53. The second-order valence-corrected chi connectivity index (χ2v) is 6.32. The molecule has 1 aliphatic heterocycles. The van der Waals surface area contributed by atoms with Gasteiger partial charge >= 0.3 is 5.97 Å². The molecule has 1 amide bonds. The van der Waals surface area contributed by atoms with Crippen molar-refractivity contribution >= 4 is 23.6 Å². The number of amides is 1. The third-order valence-corrected chi connectivity index (χ3v) is 4.48. The lowest BCUT2D eigenvalue weighted by Crippen LogP contribution is -2.38. The summed E-state index contributed by atoms with van der Waals surface area (Å²) >= 11 is 1.61. The van der Waals surface area contributed by atoms with Crippen LogP contribution in [-0.4, -0.2) is 35.4 Å². The molecule has 0 aromatic heterocycles. The largest absolute Gasteiger partial charge is 0.481 e. The maximum atomic E-state index is 12.2. The van der Waals surface area contributed by atoms with Crippen LogP contribution >= 0.6 is 11.8 Å². The summed E-state index contributed by atoms with van der Waals surface area (Å²) in [5.41, 5.74) is 0.791. The summed E-state index contributed by atoms with van der Waals surface area (Å²) in [6.45, 7) is 1.93. The Balaban J connectivity index is 2.08. The van der Waals surface area contributed by atoms with E-state index in [-0.39, 0.29) is 18.4 Å². The Morgan fingerprint density at radius 3 is 2.55 bits per heavy atom. The SMILES string of the molecule is CSc1ccc(C(CC(=O)O)NC(=O)C2CCC(C)O2)cc1. The molecule has 1 aromatic rings. The van der Waals surface area contributed by atoms with E-state index in [9.17, 15) is 9.59 Å². The Kier molecular flexibility index (Phi) is 5.85. The van der Waals surface area contributed by atoms with Crippen molar-refractivity contribution in [2.45, 2.75) is 49.3 Å². The van der Waals surface area contributed by atoms with Crippen molar-refractivity contribution in [3.63, 3.8) is 0 Å². The van der Waals surface area contributed by atoms with E-state index >= 15 is 0 Å². The van der Waals surface area contributed by atoms with Gasteiger partial charge in [-0.1, -0.05) is 12.1 Å². The molecule has 120 valence electrons. The van der Waals surface area contributed by atoms with E-state index in [4.69, 9.17) is 9.84 Å². The lowest BCUT2D eigenvalue weighted by molar-refractivity contribution is -0.138. The average Bonchev–Trinajstić information content (AvgIpc) is 2.93. The number of carbonyl (C=O) groups is 2. The van der Waals surface area contributed by atoms with Gasteiger partial charge in [0.05, 0.1) is 18.6 Å². The number of carboxylic acid groups (broad SMARTS) is 1. The molecule has 5 nitrogen and oxygen atoms in total. The monoisotopic (exact) mass is 323 g/mol. The summed E-state index contributed by atoms with van der Waals surface area (Å²) in [4.78, 5) is 24.4. The summed E-state index contributed by atoms with van der Waals surface area (Å²) in [5.74, 6) is -1.18. The minimum Gasteiger partial charge on any atom is -0.481 e. The number of hydrogen-bond acceptors (Lipinski definition) is 4. The van der Waals surface area contributed by atoms with Gasteiger partial charge in [0.1, 0.15) is 6.10 Å². The first kappa shape index (κ1) is 16.8. The van der Waals surface area contributed by atoms with Gasteiger partial charge in [0.15, 0.2) is 0 Å². The maximum absolute atomic E-state index is 12.2. The van der Waals surface area contributed by atoms with Crippen LogP contribution in [0, 0.1) is 0 Å². The zero-order valence-electron chi connectivity index (χ0n) is 12.7. The number of carbonyl (C=O) groups excluding carboxylic acids is 1. The molecule has 0 aliphatic carbocycles. The van der Waals surface area contributed by atoms with Crippen LogP contribution in [-0.2, 0) is 14.3 Å². The van der Waals surface area contributed by atoms with E-state index in [2.05, 4.69) is 5.32 Å². The predicted octanol–water partition coefficient (Wildman–Crippen LogP) is 2.61. The number of hydrogen-bond donors (Lipinski definition) is 2. The van der Waals surface area contributed by atoms with E-state index < -0.39 is 18.1 Å². The number of carboxylic acids is 1. The van der Waals surface area contributed by atoms with Gasteiger partial charge in [-0.2, -0.15) is 0 Å². The normalized spacial score (nSPS) is 22.3. The van der Waals surface area contributed by atoms with Gasteiger partial charge in [-0.25, -0.2) is 0 Å². The molecule has 3 atom stereocenters. The predicted molar refractivity (Wildman–Crippen MR) is 84.9 cm³/mol. The summed E-state index contributed by atoms with van der Waals surface area (Å²) in [7, 11) is 0. The summed E-state index contributed by atoms with van der Waals surface area (Å²) < 4.78 is 5.54. The first-order valence-electron chi connectivity index (χ1n) is 7.31. The molecule has 1 aromatic carbocycles. The number of nitrogens with one attached hydrogen (secondary N) is 1. The Morgan fingerprint density at radius 1 is 1.36 bits per heavy atom. The Morgan fingerprint density at radius 2 is 2.05 bits per heavy atom. The second kappa shape index (κ2) is 7.65. The molecule has 22 heavy (non-hydrogen) atoms. The van der Waals surface area contributed by atoms with Crippen LogP contribution in [0.5, 0.6) is 0 Å². The average molecular weight is 323 g/mol. The zero-order chi connectivity index (χ0) is 16.1. The van der Waals surface area contributed by atoms with E-state index in [1.807, 2.05) is 37.4 Å². The summed E-state index contributed by atoms with van der Waals surface area (Å²) in [6.07, 6.45) is 2.96. The minimum absolute atomic E-state index is 0.0783. The molecule has 3 unspecified atom stereocenters. The van der Waals surface area contributed by atoms with Gasteiger partial charge in [0.2, 0.25) is 5.91 Å². The van der Waals surface area contributed by atoms with Gasteiger partial charge < -0.3 is 15.2 Å². The van der Waals surface area contributed by atoms with Crippen molar-refractivity contribution in [2.24, 2.45) is 0 Å². The van der Waals surface area contributed by atoms with Crippen molar-refractivity contribution in [3.8, 4) is 0 Å². The highest BCUT2D eigenvalue weighted by atomic mass is 32.2. The minimum atomic E-state index is -0.944. The molecule has 0 spiro atoms. The van der Waals surface area contributed by atoms with Gasteiger partial charge in [-0.05, 0) is 43.7 Å². The fourth-order valence-corrected chi connectivity index (χ4v) is 2.93. The molecular formula is C16H21NO4S. The summed E-state index contributed by atoms with van der Waals surface area (Å²) in [5, 5.41) is 11.9. The van der Waals surface area contributed by atoms with E-state index in [1.165, 1.54) is 0 Å². The van der Waals surface area contributed by atoms with Crippen molar-refractivity contribution < 1.29 is 19.4 Å². The number of benzene rings is 1. The van der Waals surface area contributed by atoms with Crippen LogP contribution < -0.4 is 5.32 Å². The van der Waals surface area contributed by atoms with Crippen LogP contribution in [0.2, 0.25) is 0 Å². The number of ether oxygens (including phenoxy) is 1. The van der Waals surface area contributed by atoms with E-state index in [0.29, 0.717) is 6.42 Å². The quantitative estimate of drug-likeness (QED) is 0.787. The third-order valence-electron chi connectivity index (χ3n) is 3.74. The third kappa shape index (κ3) is 4.48. The first-order valence-corrected chi connectivity index (χ1v) is 8.53. The summed E-state index contributed by atoms with van der Waals surface area (Å²) in [6, 6.07) is 7.03. The molecule has 1 saturated heterocycles. The van der Waals surface area contributed by atoms with Crippen LogP contribution in [0.15, 0.2) is 29.2 Å². The smallest absolute Gasteiger partial charge is 0.305 e. The zero-order valence-corrected chi connectivity index (χ0v) is 13.6. The maximum Gasteiger partial charge on any atom is 0.305 e. The fourth-order valence-electron chi connectivity index (χ4n) is 2.52. The van der Waals surface area contributed by atoms with Crippen molar-refractivity contribution in [2.75, 3.05) is 6.26 Å². The fraction of sp³-hybridized carbons (Fsp3) is 0.500. The van der Waals surface area contributed by atoms with Crippen molar-refractivity contribution in [1.29, 1.82) is 0 Å². The highest BCUT2D eigenvalue weighted by molar-refractivity contribution is 7.98. The standard InChI is InChI=1S/C16H21NO4S/c1-10-3-8-14(21-10)16(20)17-13(9-15(18)19)11-4-6-12(22-2)7-5-11/h4-7,10,13-14H,3,8-9H2,1-2H3,(H,17,20)(H,18,19). The van der Waals surface area contributed by atoms with E-state index in [1.54, 1.807) is 11.8 Å². The molecule has 1 heterocycles. The van der Waals surface area contributed by atoms with Crippen LogP contribution in [0.3, 0.4) is 0 Å². The van der Waals surface area contributed by atoms with Crippen LogP contribution in [0.4, 0.5) is 0 Å². The number of rotatable bonds is 6. The first-order chi connectivity index (χ1) is 10.5. The molecule has 1 fully saturated rings. The number of aliphatic carboxylic acids is 1. The molecule has 6 heteroatoms. The van der Waals surface area contributed by atoms with Gasteiger partial charge in [0, 0.05) is 4.90 Å². The van der Waals surface area contributed by atoms with Crippen LogP contribution in [0.1, 0.15) is 37.8 Å². The Bertz CT molecular complexity index is 531. The lowest BCUT2D eigenvalue weighted by Gasteiger charge is -2.20. The number of thioether (sulfide) groups is 1. The van der Waals surface area contributed by atoms with Crippen LogP contribution in [0.25, 0.3) is 0 Å². The molecule has 0 saturated carbocycles. The highest BCUT2D eigenvalue weighted by Crippen LogP contribution is 2.24. The molecule has 0 radical (unpaired) electrons. The molecule has 0 bridgehead atoms. The van der Waals surface area contributed by atoms with Gasteiger partial charge in [0.25, 0.3) is 0 Å². The van der Waals surface area contributed by atoms with Crippen molar-refractivity contribution in [1.82, 2.24) is 5.32 Å². The second-order valence-electron chi connectivity index (χ2n) is 5.44. The van der Waals surface area contributed by atoms with Crippen molar-refractivity contribution in [3.05, 3.63) is 29.8 Å². The Labute approximate surface area is 134 Å². The topological polar surface area (TPSA) is 75.6 Å². The van der Waals surface area contributed by atoms with Gasteiger partial charge in [-0.3, -0.25) is 9.59 Å². The molecular weight excluding hydrogens is 302 g/mol. The molecule has 2 rings (SSSR count). The lowest BCUT2D eigenvalue weighted by atomic mass is 10.0.